The Morgan fingerprint density at radius 2 is 1.80 bits per heavy atom. The maximum absolute atomic E-state index is 13.7. The minimum absolute atomic E-state index is 0.0495. The van der Waals surface area contributed by atoms with E-state index in [2.05, 4.69) is 9.80 Å². The van der Waals surface area contributed by atoms with E-state index in [0.717, 1.165) is 23.7 Å². The minimum Gasteiger partial charge on any atom is -0.299 e. The number of halogens is 1. The van der Waals surface area contributed by atoms with Gasteiger partial charge in [-0.1, -0.05) is 12.1 Å². The maximum atomic E-state index is 13.7. The van der Waals surface area contributed by atoms with Crippen molar-refractivity contribution in [3.63, 3.8) is 0 Å². The number of benzene rings is 1. The van der Waals surface area contributed by atoms with E-state index >= 15 is 0 Å². The van der Waals surface area contributed by atoms with Crippen LogP contribution in [0.1, 0.15) is 36.0 Å². The highest BCUT2D eigenvalue weighted by Crippen LogP contribution is 2.23. The van der Waals surface area contributed by atoms with Gasteiger partial charge in [-0.3, -0.25) is 9.80 Å². The molecule has 20 heavy (non-hydrogen) atoms. The number of fused-ring (bicyclic) bond motifs is 1. The predicted molar refractivity (Wildman–Crippen MR) is 80.4 cm³/mol. The first-order chi connectivity index (χ1) is 9.63. The molecule has 0 amide bonds. The molecule has 0 radical (unpaired) electrons. The number of rotatable bonds is 2. The van der Waals surface area contributed by atoms with Crippen LogP contribution in [-0.4, -0.2) is 42.0 Å². The van der Waals surface area contributed by atoms with Crippen LogP contribution in [0.25, 0.3) is 0 Å². The summed E-state index contributed by atoms with van der Waals surface area (Å²) in [7, 11) is 0. The third-order valence-electron chi connectivity index (χ3n) is 4.79. The average molecular weight is 276 g/mol. The van der Waals surface area contributed by atoms with Crippen molar-refractivity contribution < 1.29 is 4.39 Å². The first-order valence-corrected chi connectivity index (χ1v) is 7.85. The SMILES string of the molecule is Cc1cc(CN2CCCN3CCCC3C2)cc(C)c1F. The molecule has 1 aromatic rings. The Hall–Kier alpha value is -0.930. The van der Waals surface area contributed by atoms with Crippen LogP contribution < -0.4 is 0 Å². The quantitative estimate of drug-likeness (QED) is 0.819. The van der Waals surface area contributed by atoms with Crippen LogP contribution >= 0.6 is 0 Å². The van der Waals surface area contributed by atoms with Crippen LogP contribution in [0.15, 0.2) is 12.1 Å². The number of hydrogen-bond donors (Lipinski definition) is 0. The zero-order valence-electron chi connectivity index (χ0n) is 12.7. The van der Waals surface area contributed by atoms with E-state index in [4.69, 9.17) is 0 Å². The van der Waals surface area contributed by atoms with Gasteiger partial charge in [0.25, 0.3) is 0 Å². The lowest BCUT2D eigenvalue weighted by Gasteiger charge is -2.25. The molecule has 3 rings (SSSR count). The minimum atomic E-state index is -0.0495. The van der Waals surface area contributed by atoms with E-state index in [-0.39, 0.29) is 5.82 Å². The normalized spacial score (nSPS) is 24.6. The Balaban J connectivity index is 1.70. The molecule has 0 N–H and O–H groups in total. The molecule has 0 saturated carbocycles. The molecule has 1 aromatic carbocycles. The fourth-order valence-corrected chi connectivity index (χ4v) is 3.81. The van der Waals surface area contributed by atoms with Gasteiger partial charge in [0.2, 0.25) is 0 Å². The van der Waals surface area contributed by atoms with Gasteiger partial charge in [0.05, 0.1) is 0 Å². The van der Waals surface area contributed by atoms with Gasteiger partial charge in [0, 0.05) is 19.1 Å². The van der Waals surface area contributed by atoms with Crippen LogP contribution in [0.3, 0.4) is 0 Å². The Bertz CT molecular complexity index is 463. The van der Waals surface area contributed by atoms with E-state index < -0.39 is 0 Å². The zero-order chi connectivity index (χ0) is 14.1. The average Bonchev–Trinajstić information content (AvgIpc) is 2.75. The second-order valence-corrected chi connectivity index (χ2v) is 6.46. The Morgan fingerprint density at radius 1 is 1.10 bits per heavy atom. The van der Waals surface area contributed by atoms with Crippen molar-refractivity contribution in [2.24, 2.45) is 0 Å². The first kappa shape index (κ1) is 14.0. The predicted octanol–water partition coefficient (Wildman–Crippen LogP) is 3.11. The number of aryl methyl sites for hydroxylation is 2. The summed E-state index contributed by atoms with van der Waals surface area (Å²) in [5, 5.41) is 0. The van der Waals surface area contributed by atoms with Crippen LogP contribution in [0.4, 0.5) is 4.39 Å². The van der Waals surface area contributed by atoms with Crippen molar-refractivity contribution in [3.05, 3.63) is 34.6 Å². The second kappa shape index (κ2) is 5.82. The lowest BCUT2D eigenvalue weighted by atomic mass is 10.1. The summed E-state index contributed by atoms with van der Waals surface area (Å²) in [6, 6.07) is 4.78. The molecule has 3 heteroatoms. The monoisotopic (exact) mass is 276 g/mol. The van der Waals surface area contributed by atoms with E-state index in [1.54, 1.807) is 0 Å². The molecule has 2 saturated heterocycles. The fourth-order valence-electron chi connectivity index (χ4n) is 3.81. The van der Waals surface area contributed by atoms with Crippen LogP contribution in [-0.2, 0) is 6.54 Å². The molecule has 2 nitrogen and oxygen atoms in total. The summed E-state index contributed by atoms with van der Waals surface area (Å²) in [5.41, 5.74) is 2.81. The van der Waals surface area contributed by atoms with Crippen molar-refractivity contribution in [1.82, 2.24) is 9.80 Å². The highest BCUT2D eigenvalue weighted by molar-refractivity contribution is 5.30. The molecule has 2 aliphatic rings. The summed E-state index contributed by atoms with van der Waals surface area (Å²) in [6.07, 6.45) is 3.96. The molecule has 0 aliphatic carbocycles. The fraction of sp³-hybridized carbons (Fsp3) is 0.647. The molecular weight excluding hydrogens is 251 g/mol. The van der Waals surface area contributed by atoms with Gasteiger partial charge in [0.1, 0.15) is 5.82 Å². The van der Waals surface area contributed by atoms with Gasteiger partial charge in [-0.15, -0.1) is 0 Å². The highest BCUT2D eigenvalue weighted by Gasteiger charge is 2.28. The summed E-state index contributed by atoms with van der Waals surface area (Å²) in [6.45, 7) is 9.58. The number of hydrogen-bond acceptors (Lipinski definition) is 2. The van der Waals surface area contributed by atoms with Crippen molar-refractivity contribution >= 4 is 0 Å². The molecule has 0 aromatic heterocycles. The summed E-state index contributed by atoms with van der Waals surface area (Å²) in [4.78, 5) is 5.21. The Kier molecular flexibility index (Phi) is 4.08. The molecule has 0 spiro atoms. The standard InChI is InChI=1S/C17H25FN2/c1-13-9-15(10-14(2)17(13)18)11-19-6-4-8-20-7-3-5-16(20)12-19/h9-10,16H,3-8,11-12H2,1-2H3. The van der Waals surface area contributed by atoms with E-state index in [9.17, 15) is 4.39 Å². The summed E-state index contributed by atoms with van der Waals surface area (Å²) in [5.74, 6) is -0.0495. The van der Waals surface area contributed by atoms with E-state index in [1.165, 1.54) is 51.0 Å². The molecule has 1 unspecified atom stereocenters. The van der Waals surface area contributed by atoms with Crippen LogP contribution in [0.5, 0.6) is 0 Å². The van der Waals surface area contributed by atoms with Crippen molar-refractivity contribution in [1.29, 1.82) is 0 Å². The van der Waals surface area contributed by atoms with Gasteiger partial charge >= 0.3 is 0 Å². The van der Waals surface area contributed by atoms with E-state index in [0.29, 0.717) is 0 Å². The van der Waals surface area contributed by atoms with Gasteiger partial charge < -0.3 is 0 Å². The van der Waals surface area contributed by atoms with Crippen LogP contribution in [0.2, 0.25) is 0 Å². The molecule has 0 bridgehead atoms. The second-order valence-electron chi connectivity index (χ2n) is 6.46. The summed E-state index contributed by atoms with van der Waals surface area (Å²) < 4.78 is 13.7. The molecule has 2 fully saturated rings. The van der Waals surface area contributed by atoms with Crippen molar-refractivity contribution in [2.45, 2.75) is 45.7 Å². The first-order valence-electron chi connectivity index (χ1n) is 7.85. The topological polar surface area (TPSA) is 6.48 Å². The zero-order valence-corrected chi connectivity index (χ0v) is 12.7. The maximum Gasteiger partial charge on any atom is 0.129 e. The lowest BCUT2D eigenvalue weighted by Crippen LogP contribution is -2.36. The third kappa shape index (κ3) is 2.89. The van der Waals surface area contributed by atoms with Gasteiger partial charge in [-0.25, -0.2) is 4.39 Å². The van der Waals surface area contributed by atoms with Crippen LogP contribution in [0, 0.1) is 19.7 Å². The molecule has 1 atom stereocenters. The third-order valence-corrected chi connectivity index (χ3v) is 4.79. The Labute approximate surface area is 121 Å². The largest absolute Gasteiger partial charge is 0.299 e. The Morgan fingerprint density at radius 3 is 2.55 bits per heavy atom. The molecule has 2 heterocycles. The number of nitrogens with zero attached hydrogens (tertiary/aromatic N) is 2. The van der Waals surface area contributed by atoms with E-state index in [1.807, 2.05) is 26.0 Å². The smallest absolute Gasteiger partial charge is 0.129 e. The lowest BCUT2D eigenvalue weighted by molar-refractivity contribution is 0.215. The molecule has 2 aliphatic heterocycles. The van der Waals surface area contributed by atoms with Gasteiger partial charge in [-0.2, -0.15) is 0 Å². The van der Waals surface area contributed by atoms with Crippen molar-refractivity contribution in [3.8, 4) is 0 Å². The molecule has 110 valence electrons. The van der Waals surface area contributed by atoms with Gasteiger partial charge in [0.15, 0.2) is 0 Å². The molecular formula is C17H25FN2. The highest BCUT2D eigenvalue weighted by atomic mass is 19.1. The van der Waals surface area contributed by atoms with Crippen molar-refractivity contribution in [2.75, 3.05) is 26.2 Å². The summed E-state index contributed by atoms with van der Waals surface area (Å²) >= 11 is 0. The van der Waals surface area contributed by atoms with Gasteiger partial charge in [-0.05, 0) is 69.4 Å².